The summed E-state index contributed by atoms with van der Waals surface area (Å²) in [5, 5.41) is 0. The molecular weight excluding hydrogens is 318 g/mol. The maximum absolute atomic E-state index is 12.1. The molecule has 0 fully saturated rings. The molecular formula is C12H18BrNO3S. The predicted octanol–water partition coefficient (Wildman–Crippen LogP) is 2.32. The Morgan fingerprint density at radius 1 is 1.44 bits per heavy atom. The van der Waals surface area contributed by atoms with Crippen molar-refractivity contribution in [3.05, 3.63) is 28.2 Å². The van der Waals surface area contributed by atoms with Gasteiger partial charge in [-0.2, -0.15) is 0 Å². The molecule has 0 aliphatic heterocycles. The van der Waals surface area contributed by atoms with Crippen molar-refractivity contribution in [2.24, 2.45) is 5.92 Å². The smallest absolute Gasteiger partial charge is 0.240 e. The molecule has 1 aromatic rings. The summed E-state index contributed by atoms with van der Waals surface area (Å²) in [6.07, 6.45) is 0. The number of rotatable bonds is 6. The van der Waals surface area contributed by atoms with E-state index >= 15 is 0 Å². The number of ether oxygens (including phenoxy) is 1. The minimum absolute atomic E-state index is 0.136. The maximum atomic E-state index is 12.1. The molecule has 0 heterocycles. The van der Waals surface area contributed by atoms with Gasteiger partial charge in [0.05, 0.1) is 4.90 Å². The van der Waals surface area contributed by atoms with E-state index in [2.05, 4.69) is 20.7 Å². The lowest BCUT2D eigenvalue weighted by Crippen LogP contribution is -2.30. The highest BCUT2D eigenvalue weighted by Crippen LogP contribution is 2.20. The van der Waals surface area contributed by atoms with Crippen molar-refractivity contribution in [2.75, 3.05) is 20.3 Å². The van der Waals surface area contributed by atoms with Gasteiger partial charge in [-0.25, -0.2) is 13.1 Å². The molecule has 0 aromatic heterocycles. The van der Waals surface area contributed by atoms with Crippen LogP contribution in [0, 0.1) is 12.8 Å². The number of aryl methyl sites for hydroxylation is 1. The zero-order chi connectivity index (χ0) is 13.8. The van der Waals surface area contributed by atoms with Crippen molar-refractivity contribution >= 4 is 26.0 Å². The summed E-state index contributed by atoms with van der Waals surface area (Å²) in [5.74, 6) is 0.136. The summed E-state index contributed by atoms with van der Waals surface area (Å²) < 4.78 is 32.6. The molecule has 1 N–H and O–H groups in total. The first-order chi connectivity index (χ1) is 8.36. The quantitative estimate of drug-likeness (QED) is 0.867. The molecule has 4 nitrogen and oxygen atoms in total. The Bertz CT molecular complexity index is 502. The van der Waals surface area contributed by atoms with Gasteiger partial charge >= 0.3 is 0 Å². The monoisotopic (exact) mass is 335 g/mol. The van der Waals surface area contributed by atoms with Crippen molar-refractivity contribution in [1.29, 1.82) is 0 Å². The molecule has 0 aliphatic rings. The second kappa shape index (κ2) is 6.65. The molecule has 18 heavy (non-hydrogen) atoms. The number of methoxy groups -OCH3 is 1. The van der Waals surface area contributed by atoms with E-state index in [9.17, 15) is 8.42 Å². The third-order valence-electron chi connectivity index (χ3n) is 2.51. The van der Waals surface area contributed by atoms with Gasteiger partial charge in [0, 0.05) is 24.7 Å². The zero-order valence-electron chi connectivity index (χ0n) is 10.7. The number of sulfonamides is 1. The van der Waals surface area contributed by atoms with E-state index in [1.807, 2.05) is 13.0 Å². The second-order valence-electron chi connectivity index (χ2n) is 4.32. The average Bonchev–Trinajstić information content (AvgIpc) is 2.30. The molecule has 1 rings (SSSR count). The Morgan fingerprint density at radius 3 is 2.72 bits per heavy atom. The van der Waals surface area contributed by atoms with Gasteiger partial charge in [0.1, 0.15) is 0 Å². The first kappa shape index (κ1) is 15.6. The van der Waals surface area contributed by atoms with Crippen LogP contribution in [0.15, 0.2) is 27.6 Å². The molecule has 0 spiro atoms. The van der Waals surface area contributed by atoms with Gasteiger partial charge in [0.15, 0.2) is 0 Å². The Labute approximate surface area is 117 Å². The summed E-state index contributed by atoms with van der Waals surface area (Å²) in [4.78, 5) is 0.307. The molecule has 0 saturated carbocycles. The summed E-state index contributed by atoms with van der Waals surface area (Å²) in [6, 6.07) is 5.21. The molecule has 1 aromatic carbocycles. The molecule has 102 valence electrons. The molecule has 6 heteroatoms. The number of benzene rings is 1. The third-order valence-corrected chi connectivity index (χ3v) is 4.57. The first-order valence-corrected chi connectivity index (χ1v) is 7.89. The minimum atomic E-state index is -3.46. The van der Waals surface area contributed by atoms with E-state index in [0.717, 1.165) is 10.0 Å². The van der Waals surface area contributed by atoms with Crippen LogP contribution in [0.2, 0.25) is 0 Å². The Balaban J connectivity index is 2.83. The topological polar surface area (TPSA) is 55.4 Å². The van der Waals surface area contributed by atoms with Crippen molar-refractivity contribution < 1.29 is 13.2 Å². The van der Waals surface area contributed by atoms with Crippen LogP contribution in [0.3, 0.4) is 0 Å². The third kappa shape index (κ3) is 4.35. The van der Waals surface area contributed by atoms with Gasteiger partial charge in [-0.15, -0.1) is 0 Å². The largest absolute Gasteiger partial charge is 0.384 e. The van der Waals surface area contributed by atoms with E-state index in [0.29, 0.717) is 18.0 Å². The standard InChI is InChI=1S/C12H18BrNO3S/c1-9(8-17-3)7-14-18(15,16)12-6-11(13)5-4-10(12)2/h4-6,9,14H,7-8H2,1-3H3. The fourth-order valence-electron chi connectivity index (χ4n) is 1.54. The number of hydrogen-bond donors (Lipinski definition) is 1. The highest BCUT2D eigenvalue weighted by Gasteiger charge is 2.17. The predicted molar refractivity (Wildman–Crippen MR) is 75.1 cm³/mol. The molecule has 0 amide bonds. The van der Waals surface area contributed by atoms with Crippen molar-refractivity contribution in [3.63, 3.8) is 0 Å². The van der Waals surface area contributed by atoms with E-state index in [-0.39, 0.29) is 5.92 Å². The minimum Gasteiger partial charge on any atom is -0.384 e. The first-order valence-electron chi connectivity index (χ1n) is 5.61. The average molecular weight is 336 g/mol. The van der Waals surface area contributed by atoms with Gasteiger partial charge in [-0.1, -0.05) is 28.9 Å². The SMILES string of the molecule is COCC(C)CNS(=O)(=O)c1cc(Br)ccc1C. The Hall–Kier alpha value is -0.430. The van der Waals surface area contributed by atoms with Crippen LogP contribution in [0.5, 0.6) is 0 Å². The fraction of sp³-hybridized carbons (Fsp3) is 0.500. The summed E-state index contributed by atoms with van der Waals surface area (Å²) in [7, 11) is -1.86. The Morgan fingerprint density at radius 2 is 2.11 bits per heavy atom. The van der Waals surface area contributed by atoms with Gasteiger partial charge in [-0.05, 0) is 30.5 Å². The molecule has 0 radical (unpaired) electrons. The maximum Gasteiger partial charge on any atom is 0.240 e. The van der Waals surface area contributed by atoms with Crippen molar-refractivity contribution in [2.45, 2.75) is 18.7 Å². The zero-order valence-corrected chi connectivity index (χ0v) is 13.1. The molecule has 1 unspecified atom stereocenters. The second-order valence-corrected chi connectivity index (χ2v) is 6.97. The van der Waals surface area contributed by atoms with Crippen LogP contribution in [-0.4, -0.2) is 28.7 Å². The molecule has 0 aliphatic carbocycles. The molecule has 1 atom stereocenters. The van der Waals surface area contributed by atoms with E-state index < -0.39 is 10.0 Å². The van der Waals surface area contributed by atoms with Crippen LogP contribution >= 0.6 is 15.9 Å². The lowest BCUT2D eigenvalue weighted by Gasteiger charge is -2.13. The number of hydrogen-bond acceptors (Lipinski definition) is 3. The Kier molecular flexibility index (Phi) is 5.78. The van der Waals surface area contributed by atoms with Gasteiger partial charge in [-0.3, -0.25) is 0 Å². The van der Waals surface area contributed by atoms with Gasteiger partial charge < -0.3 is 4.74 Å². The van der Waals surface area contributed by atoms with Crippen LogP contribution in [0.1, 0.15) is 12.5 Å². The fourth-order valence-corrected chi connectivity index (χ4v) is 3.48. The summed E-state index contributed by atoms with van der Waals surface area (Å²) in [6.45, 7) is 4.60. The summed E-state index contributed by atoms with van der Waals surface area (Å²) >= 11 is 3.28. The van der Waals surface area contributed by atoms with E-state index in [1.165, 1.54) is 0 Å². The lowest BCUT2D eigenvalue weighted by molar-refractivity contribution is 0.161. The number of nitrogens with one attached hydrogen (secondary N) is 1. The van der Waals surface area contributed by atoms with Gasteiger partial charge in [0.25, 0.3) is 0 Å². The molecule has 0 saturated heterocycles. The lowest BCUT2D eigenvalue weighted by atomic mass is 10.2. The van der Waals surface area contributed by atoms with Gasteiger partial charge in [0.2, 0.25) is 10.0 Å². The van der Waals surface area contributed by atoms with E-state index in [1.54, 1.807) is 26.2 Å². The normalized spacial score (nSPS) is 13.6. The van der Waals surface area contributed by atoms with E-state index in [4.69, 9.17) is 4.74 Å². The van der Waals surface area contributed by atoms with Crippen molar-refractivity contribution in [1.82, 2.24) is 4.72 Å². The van der Waals surface area contributed by atoms with Crippen LogP contribution < -0.4 is 4.72 Å². The van der Waals surface area contributed by atoms with Crippen molar-refractivity contribution in [3.8, 4) is 0 Å². The highest BCUT2D eigenvalue weighted by molar-refractivity contribution is 9.10. The highest BCUT2D eigenvalue weighted by atomic mass is 79.9. The van der Waals surface area contributed by atoms with Crippen LogP contribution in [0.25, 0.3) is 0 Å². The molecule has 0 bridgehead atoms. The number of halogens is 1. The summed E-state index contributed by atoms with van der Waals surface area (Å²) in [5.41, 5.74) is 0.727. The van der Waals surface area contributed by atoms with Crippen LogP contribution in [-0.2, 0) is 14.8 Å². The van der Waals surface area contributed by atoms with Crippen LogP contribution in [0.4, 0.5) is 0 Å².